The molecule has 0 spiro atoms. The summed E-state index contributed by atoms with van der Waals surface area (Å²) in [5.41, 5.74) is 1.39. The molecule has 1 aromatic heterocycles. The molecule has 0 aliphatic heterocycles. The Balaban J connectivity index is 1.71. The summed E-state index contributed by atoms with van der Waals surface area (Å²) in [6.07, 6.45) is 1.16. The van der Waals surface area contributed by atoms with E-state index >= 15 is 0 Å². The number of benzene rings is 2. The summed E-state index contributed by atoms with van der Waals surface area (Å²) < 4.78 is 10.7. The first kappa shape index (κ1) is 22.8. The van der Waals surface area contributed by atoms with Gasteiger partial charge in [0.1, 0.15) is 18.2 Å². The molecule has 1 atom stereocenters. The van der Waals surface area contributed by atoms with Gasteiger partial charge in [-0.05, 0) is 38.0 Å². The van der Waals surface area contributed by atoms with Gasteiger partial charge >= 0.3 is 12.1 Å². The van der Waals surface area contributed by atoms with Gasteiger partial charge in [-0.15, -0.1) is 0 Å². The quantitative estimate of drug-likeness (QED) is 0.322. The number of rotatable bonds is 7. The van der Waals surface area contributed by atoms with Gasteiger partial charge in [-0.2, -0.15) is 0 Å². The molecule has 2 aromatic carbocycles. The lowest BCUT2D eigenvalue weighted by Crippen LogP contribution is -2.45. The van der Waals surface area contributed by atoms with Crippen molar-refractivity contribution in [2.24, 2.45) is 0 Å². The van der Waals surface area contributed by atoms with Gasteiger partial charge in [0, 0.05) is 35.7 Å². The number of nitro benzene ring substituents is 1. The summed E-state index contributed by atoms with van der Waals surface area (Å²) in [5.74, 6) is -0.588. The van der Waals surface area contributed by atoms with Crippen LogP contribution in [0.3, 0.4) is 0 Å². The van der Waals surface area contributed by atoms with Crippen molar-refractivity contribution in [3.8, 4) is 0 Å². The zero-order valence-electron chi connectivity index (χ0n) is 18.1. The Kier molecular flexibility index (Phi) is 6.77. The van der Waals surface area contributed by atoms with E-state index in [9.17, 15) is 19.7 Å². The fraction of sp³-hybridized carbons (Fsp3) is 0.304. The number of H-pyrrole nitrogens is 1. The van der Waals surface area contributed by atoms with E-state index in [-0.39, 0.29) is 18.7 Å². The predicted molar refractivity (Wildman–Crippen MR) is 118 cm³/mol. The van der Waals surface area contributed by atoms with Crippen LogP contribution in [-0.4, -0.2) is 33.6 Å². The molecule has 0 saturated heterocycles. The van der Waals surface area contributed by atoms with Gasteiger partial charge in [0.2, 0.25) is 0 Å². The van der Waals surface area contributed by atoms with Crippen LogP contribution < -0.4 is 5.32 Å². The summed E-state index contributed by atoms with van der Waals surface area (Å²) in [4.78, 5) is 38.7. The average molecular weight is 439 g/mol. The van der Waals surface area contributed by atoms with Gasteiger partial charge in [-0.1, -0.05) is 30.3 Å². The Labute approximate surface area is 184 Å². The van der Waals surface area contributed by atoms with E-state index in [4.69, 9.17) is 9.47 Å². The SMILES string of the molecule is CC(C)(C)OC(=O)C(Cc1c[nH]c2ccccc12)NC(=O)OCc1cccc([N+](=O)[O-])c1. The van der Waals surface area contributed by atoms with E-state index in [1.54, 1.807) is 33.0 Å². The highest BCUT2D eigenvalue weighted by Crippen LogP contribution is 2.20. The second-order valence-corrected chi connectivity index (χ2v) is 8.30. The van der Waals surface area contributed by atoms with Crippen LogP contribution in [-0.2, 0) is 27.3 Å². The molecule has 0 saturated carbocycles. The number of nitro groups is 1. The number of ether oxygens (including phenoxy) is 2. The smallest absolute Gasteiger partial charge is 0.408 e. The summed E-state index contributed by atoms with van der Waals surface area (Å²) >= 11 is 0. The number of hydrogen-bond acceptors (Lipinski definition) is 6. The van der Waals surface area contributed by atoms with Crippen LogP contribution in [0, 0.1) is 10.1 Å². The molecule has 9 heteroatoms. The van der Waals surface area contributed by atoms with Crippen LogP contribution in [0.5, 0.6) is 0 Å². The highest BCUT2D eigenvalue weighted by molar-refractivity contribution is 5.86. The number of aromatic amines is 1. The molecule has 0 aliphatic carbocycles. The minimum absolute atomic E-state index is 0.0996. The van der Waals surface area contributed by atoms with Crippen molar-refractivity contribution in [1.82, 2.24) is 10.3 Å². The van der Waals surface area contributed by atoms with Crippen LogP contribution in [0.2, 0.25) is 0 Å². The molecule has 1 unspecified atom stereocenters. The van der Waals surface area contributed by atoms with Crippen molar-refractivity contribution in [1.29, 1.82) is 0 Å². The lowest BCUT2D eigenvalue weighted by Gasteiger charge is -2.24. The molecule has 168 valence electrons. The Hall–Kier alpha value is -3.88. The third kappa shape index (κ3) is 6.07. The maximum Gasteiger partial charge on any atom is 0.408 e. The first-order valence-electron chi connectivity index (χ1n) is 10.1. The molecular weight excluding hydrogens is 414 g/mol. The molecule has 9 nitrogen and oxygen atoms in total. The number of nitrogens with one attached hydrogen (secondary N) is 2. The number of hydrogen-bond donors (Lipinski definition) is 2. The number of carbonyl (C=O) groups is 2. The zero-order chi connectivity index (χ0) is 23.3. The molecule has 3 aromatic rings. The largest absolute Gasteiger partial charge is 0.458 e. The minimum atomic E-state index is -0.981. The van der Waals surface area contributed by atoms with Gasteiger partial charge in [0.05, 0.1) is 4.92 Å². The maximum atomic E-state index is 12.8. The van der Waals surface area contributed by atoms with Gasteiger partial charge in [0.25, 0.3) is 5.69 Å². The normalized spacial score (nSPS) is 12.2. The van der Waals surface area contributed by atoms with Crippen LogP contribution in [0.4, 0.5) is 10.5 Å². The molecule has 0 bridgehead atoms. The van der Waals surface area contributed by atoms with Crippen LogP contribution in [0.15, 0.2) is 54.7 Å². The van der Waals surface area contributed by atoms with Crippen LogP contribution in [0.1, 0.15) is 31.9 Å². The van der Waals surface area contributed by atoms with Gasteiger partial charge < -0.3 is 19.8 Å². The van der Waals surface area contributed by atoms with Crippen molar-refractivity contribution in [2.45, 2.75) is 45.4 Å². The standard InChI is InChI=1S/C23H25N3O6/c1-23(2,3)32-21(27)20(12-16-13-24-19-10-5-4-9-18(16)19)25-22(28)31-14-15-7-6-8-17(11-15)26(29)30/h4-11,13,20,24H,12,14H2,1-3H3,(H,25,28). The first-order valence-corrected chi connectivity index (χ1v) is 10.1. The Morgan fingerprint density at radius 1 is 1.16 bits per heavy atom. The fourth-order valence-corrected chi connectivity index (χ4v) is 3.18. The van der Waals surface area contributed by atoms with E-state index in [2.05, 4.69) is 10.3 Å². The van der Waals surface area contributed by atoms with Gasteiger partial charge in [-0.25, -0.2) is 9.59 Å². The Morgan fingerprint density at radius 2 is 1.91 bits per heavy atom. The molecular formula is C23H25N3O6. The number of aromatic nitrogens is 1. The zero-order valence-corrected chi connectivity index (χ0v) is 18.1. The minimum Gasteiger partial charge on any atom is -0.458 e. The van der Waals surface area contributed by atoms with E-state index in [0.717, 1.165) is 16.5 Å². The van der Waals surface area contributed by atoms with Crippen molar-refractivity contribution >= 4 is 28.7 Å². The molecule has 1 heterocycles. The van der Waals surface area contributed by atoms with Gasteiger partial charge in [-0.3, -0.25) is 10.1 Å². The van der Waals surface area contributed by atoms with Crippen LogP contribution >= 0.6 is 0 Å². The maximum absolute atomic E-state index is 12.8. The number of non-ortho nitro benzene ring substituents is 1. The van der Waals surface area contributed by atoms with Crippen molar-refractivity contribution in [3.63, 3.8) is 0 Å². The van der Waals surface area contributed by atoms with Crippen molar-refractivity contribution < 1.29 is 24.0 Å². The number of fused-ring (bicyclic) bond motifs is 1. The van der Waals surface area contributed by atoms with E-state index < -0.39 is 28.6 Å². The number of carbonyl (C=O) groups excluding carboxylic acids is 2. The fourth-order valence-electron chi connectivity index (χ4n) is 3.18. The monoisotopic (exact) mass is 439 g/mol. The molecule has 0 aliphatic rings. The molecule has 0 fully saturated rings. The van der Waals surface area contributed by atoms with Crippen LogP contribution in [0.25, 0.3) is 10.9 Å². The molecule has 3 rings (SSSR count). The molecule has 1 amide bonds. The average Bonchev–Trinajstić information content (AvgIpc) is 3.14. The number of alkyl carbamates (subject to hydrolysis) is 1. The number of nitrogens with zero attached hydrogens (tertiary/aromatic N) is 1. The summed E-state index contributed by atoms with van der Waals surface area (Å²) in [6.45, 7) is 5.05. The first-order chi connectivity index (χ1) is 15.1. The van der Waals surface area contributed by atoms with E-state index in [1.807, 2.05) is 24.3 Å². The second-order valence-electron chi connectivity index (χ2n) is 8.30. The van der Waals surface area contributed by atoms with Crippen molar-refractivity contribution in [2.75, 3.05) is 0 Å². The number of para-hydroxylation sites is 1. The third-order valence-electron chi connectivity index (χ3n) is 4.57. The highest BCUT2D eigenvalue weighted by atomic mass is 16.6. The van der Waals surface area contributed by atoms with Gasteiger partial charge in [0.15, 0.2) is 0 Å². The topological polar surface area (TPSA) is 124 Å². The summed E-state index contributed by atoms with van der Waals surface area (Å²) in [6, 6.07) is 12.4. The highest BCUT2D eigenvalue weighted by Gasteiger charge is 2.28. The molecule has 32 heavy (non-hydrogen) atoms. The summed E-state index contributed by atoms with van der Waals surface area (Å²) in [5, 5.41) is 14.4. The van der Waals surface area contributed by atoms with E-state index in [1.165, 1.54) is 18.2 Å². The molecule has 0 radical (unpaired) electrons. The van der Waals surface area contributed by atoms with E-state index in [0.29, 0.717) is 5.56 Å². The number of esters is 1. The predicted octanol–water partition coefficient (Wildman–Crippen LogP) is 4.26. The molecule has 2 N–H and O–H groups in total. The second kappa shape index (κ2) is 9.51. The lowest BCUT2D eigenvalue weighted by atomic mass is 10.0. The number of amides is 1. The third-order valence-corrected chi connectivity index (χ3v) is 4.57. The Bertz CT molecular complexity index is 1130. The summed E-state index contributed by atoms with van der Waals surface area (Å²) in [7, 11) is 0. The Morgan fingerprint density at radius 3 is 2.62 bits per heavy atom. The lowest BCUT2D eigenvalue weighted by molar-refractivity contribution is -0.384. The van der Waals surface area contributed by atoms with Crippen molar-refractivity contribution in [3.05, 3.63) is 76.0 Å².